The molecule has 0 saturated carbocycles. The average molecular weight is 295 g/mol. The first-order valence-corrected chi connectivity index (χ1v) is 7.08. The van der Waals surface area contributed by atoms with E-state index in [1.54, 1.807) is 21.1 Å². The van der Waals surface area contributed by atoms with Gasteiger partial charge in [-0.3, -0.25) is 4.79 Å². The van der Waals surface area contributed by atoms with Crippen molar-refractivity contribution in [2.45, 2.75) is 38.3 Å². The molecule has 0 aromatic heterocycles. The van der Waals surface area contributed by atoms with Crippen LogP contribution in [0.15, 0.2) is 24.3 Å². The molecule has 118 valence electrons. The SMILES string of the molecule is CNC(C)(CC(C)Oc1ccc(CCOC)cc1)C(=O)O. The van der Waals surface area contributed by atoms with Gasteiger partial charge in [-0.15, -0.1) is 0 Å². The van der Waals surface area contributed by atoms with Crippen LogP contribution in [0.2, 0.25) is 0 Å². The molecule has 2 unspecified atom stereocenters. The number of carboxylic acids is 1. The third-order valence-corrected chi connectivity index (χ3v) is 3.57. The number of hydrogen-bond donors (Lipinski definition) is 2. The van der Waals surface area contributed by atoms with Gasteiger partial charge in [0.15, 0.2) is 0 Å². The second-order valence-corrected chi connectivity index (χ2v) is 5.41. The van der Waals surface area contributed by atoms with Crippen molar-refractivity contribution in [1.82, 2.24) is 5.32 Å². The molecule has 0 fully saturated rings. The van der Waals surface area contributed by atoms with Gasteiger partial charge in [0, 0.05) is 13.5 Å². The van der Waals surface area contributed by atoms with Crippen LogP contribution >= 0.6 is 0 Å². The zero-order chi connectivity index (χ0) is 15.9. The molecule has 0 amide bonds. The molecule has 0 aliphatic heterocycles. The molecule has 0 saturated heterocycles. The van der Waals surface area contributed by atoms with Crippen molar-refractivity contribution in [2.75, 3.05) is 20.8 Å². The van der Waals surface area contributed by atoms with Crippen molar-refractivity contribution in [1.29, 1.82) is 0 Å². The Balaban J connectivity index is 2.58. The predicted octanol–water partition coefficient (Wildman–Crippen LogP) is 2.10. The van der Waals surface area contributed by atoms with Gasteiger partial charge in [-0.2, -0.15) is 0 Å². The van der Waals surface area contributed by atoms with E-state index in [1.165, 1.54) is 5.56 Å². The highest BCUT2D eigenvalue weighted by molar-refractivity contribution is 5.78. The maximum Gasteiger partial charge on any atom is 0.323 e. The van der Waals surface area contributed by atoms with Crippen molar-refractivity contribution in [2.24, 2.45) is 0 Å². The minimum Gasteiger partial charge on any atom is -0.491 e. The normalized spacial score (nSPS) is 15.2. The van der Waals surface area contributed by atoms with Gasteiger partial charge in [-0.05, 0) is 45.0 Å². The Morgan fingerprint density at radius 3 is 2.48 bits per heavy atom. The van der Waals surface area contributed by atoms with Crippen LogP contribution in [0.4, 0.5) is 0 Å². The van der Waals surface area contributed by atoms with E-state index in [0.717, 1.165) is 12.2 Å². The largest absolute Gasteiger partial charge is 0.491 e. The molecular weight excluding hydrogens is 270 g/mol. The van der Waals surface area contributed by atoms with Crippen molar-refractivity contribution < 1.29 is 19.4 Å². The predicted molar refractivity (Wildman–Crippen MR) is 81.8 cm³/mol. The minimum atomic E-state index is -0.988. The molecule has 5 nitrogen and oxygen atoms in total. The number of likely N-dealkylation sites (N-methyl/N-ethyl adjacent to an activating group) is 1. The van der Waals surface area contributed by atoms with E-state index in [-0.39, 0.29) is 6.10 Å². The van der Waals surface area contributed by atoms with Gasteiger partial charge in [0.05, 0.1) is 12.7 Å². The molecule has 0 aliphatic carbocycles. The molecular formula is C16H25NO4. The molecule has 2 atom stereocenters. The van der Waals surface area contributed by atoms with E-state index in [1.807, 2.05) is 31.2 Å². The number of aliphatic carboxylic acids is 1. The molecule has 0 bridgehead atoms. The highest BCUT2D eigenvalue weighted by Crippen LogP contribution is 2.19. The number of nitrogens with one attached hydrogen (secondary N) is 1. The number of carbonyl (C=O) groups is 1. The van der Waals surface area contributed by atoms with Crippen molar-refractivity contribution in [3.8, 4) is 5.75 Å². The third-order valence-electron chi connectivity index (χ3n) is 3.57. The highest BCUT2D eigenvalue weighted by atomic mass is 16.5. The number of carboxylic acid groups (broad SMARTS) is 1. The van der Waals surface area contributed by atoms with Gasteiger partial charge in [0.2, 0.25) is 0 Å². The van der Waals surface area contributed by atoms with Crippen LogP contribution in [0, 0.1) is 0 Å². The number of hydrogen-bond acceptors (Lipinski definition) is 4. The van der Waals surface area contributed by atoms with Crippen LogP contribution in [0.25, 0.3) is 0 Å². The Kier molecular flexibility index (Phi) is 6.65. The van der Waals surface area contributed by atoms with Crippen molar-refractivity contribution in [3.63, 3.8) is 0 Å². The van der Waals surface area contributed by atoms with Gasteiger partial charge in [0.25, 0.3) is 0 Å². The number of ether oxygens (including phenoxy) is 2. The summed E-state index contributed by atoms with van der Waals surface area (Å²) in [4.78, 5) is 11.3. The molecule has 1 aromatic rings. The van der Waals surface area contributed by atoms with Crippen molar-refractivity contribution in [3.05, 3.63) is 29.8 Å². The van der Waals surface area contributed by atoms with Gasteiger partial charge in [-0.25, -0.2) is 0 Å². The minimum absolute atomic E-state index is 0.205. The van der Waals surface area contributed by atoms with E-state index in [2.05, 4.69) is 5.32 Å². The standard InChI is InChI=1S/C16H25NO4/c1-12(11-16(2,17-3)15(18)19)21-14-7-5-13(6-8-14)9-10-20-4/h5-8,12,17H,9-11H2,1-4H3,(H,18,19). The number of rotatable bonds is 9. The number of benzene rings is 1. The summed E-state index contributed by atoms with van der Waals surface area (Å²) in [5.41, 5.74) is 0.195. The Morgan fingerprint density at radius 2 is 2.00 bits per heavy atom. The van der Waals surface area contributed by atoms with Crippen LogP contribution in [-0.4, -0.2) is 43.5 Å². The fourth-order valence-corrected chi connectivity index (χ4v) is 2.10. The monoisotopic (exact) mass is 295 g/mol. The molecule has 1 rings (SSSR count). The summed E-state index contributed by atoms with van der Waals surface area (Å²) in [5.74, 6) is -0.136. The van der Waals surface area contributed by atoms with E-state index in [4.69, 9.17) is 9.47 Å². The summed E-state index contributed by atoms with van der Waals surface area (Å²) in [6, 6.07) is 7.79. The van der Waals surface area contributed by atoms with Crippen LogP contribution in [0.3, 0.4) is 0 Å². The topological polar surface area (TPSA) is 67.8 Å². The maximum atomic E-state index is 11.3. The lowest BCUT2D eigenvalue weighted by Gasteiger charge is -2.27. The molecule has 5 heteroatoms. The van der Waals surface area contributed by atoms with Crippen LogP contribution in [0.5, 0.6) is 5.75 Å². The highest BCUT2D eigenvalue weighted by Gasteiger charge is 2.33. The second kappa shape index (κ2) is 8.00. The van der Waals surface area contributed by atoms with Crippen molar-refractivity contribution >= 4 is 5.97 Å². The molecule has 2 N–H and O–H groups in total. The van der Waals surface area contributed by atoms with Crippen LogP contribution < -0.4 is 10.1 Å². The maximum absolute atomic E-state index is 11.3. The summed E-state index contributed by atoms with van der Waals surface area (Å²) >= 11 is 0. The first-order chi connectivity index (χ1) is 9.91. The fourth-order valence-electron chi connectivity index (χ4n) is 2.10. The lowest BCUT2D eigenvalue weighted by Crippen LogP contribution is -2.50. The first kappa shape index (κ1) is 17.5. The quantitative estimate of drug-likeness (QED) is 0.730. The smallest absolute Gasteiger partial charge is 0.323 e. The van der Waals surface area contributed by atoms with E-state index >= 15 is 0 Å². The molecule has 0 aliphatic rings. The molecule has 1 aromatic carbocycles. The molecule has 0 radical (unpaired) electrons. The first-order valence-electron chi connectivity index (χ1n) is 7.08. The fraction of sp³-hybridized carbons (Fsp3) is 0.562. The van der Waals surface area contributed by atoms with Gasteiger partial charge >= 0.3 is 5.97 Å². The summed E-state index contributed by atoms with van der Waals surface area (Å²) in [6.07, 6.45) is 1.04. The lowest BCUT2D eigenvalue weighted by molar-refractivity contribution is -0.145. The summed E-state index contributed by atoms with van der Waals surface area (Å²) in [6.45, 7) is 4.22. The van der Waals surface area contributed by atoms with E-state index in [9.17, 15) is 9.90 Å². The molecule has 0 spiro atoms. The second-order valence-electron chi connectivity index (χ2n) is 5.41. The Morgan fingerprint density at radius 1 is 1.38 bits per heavy atom. The van der Waals surface area contributed by atoms with E-state index in [0.29, 0.717) is 13.0 Å². The van der Waals surface area contributed by atoms with Gasteiger partial charge in [-0.1, -0.05) is 12.1 Å². The average Bonchev–Trinajstić information content (AvgIpc) is 2.46. The molecule has 21 heavy (non-hydrogen) atoms. The Bertz CT molecular complexity index is 446. The third kappa shape index (κ3) is 5.36. The zero-order valence-corrected chi connectivity index (χ0v) is 13.2. The lowest BCUT2D eigenvalue weighted by atomic mass is 9.95. The van der Waals surface area contributed by atoms with E-state index < -0.39 is 11.5 Å². The number of methoxy groups -OCH3 is 1. The summed E-state index contributed by atoms with van der Waals surface area (Å²) in [7, 11) is 3.33. The molecule has 0 heterocycles. The summed E-state index contributed by atoms with van der Waals surface area (Å²) in [5, 5.41) is 12.1. The van der Waals surface area contributed by atoms with Crippen LogP contribution in [-0.2, 0) is 16.0 Å². The summed E-state index contributed by atoms with van der Waals surface area (Å²) < 4.78 is 10.8. The zero-order valence-electron chi connectivity index (χ0n) is 13.2. The van der Waals surface area contributed by atoms with Gasteiger partial charge in [0.1, 0.15) is 11.3 Å². The van der Waals surface area contributed by atoms with Gasteiger partial charge < -0.3 is 19.9 Å². The Hall–Kier alpha value is -1.59. The Labute approximate surface area is 126 Å². The van der Waals surface area contributed by atoms with Crippen LogP contribution in [0.1, 0.15) is 25.8 Å².